The lowest BCUT2D eigenvalue weighted by molar-refractivity contribution is 0.0797. The van der Waals surface area contributed by atoms with Gasteiger partial charge in [0.1, 0.15) is 0 Å². The zero-order valence-corrected chi connectivity index (χ0v) is 19.7. The summed E-state index contributed by atoms with van der Waals surface area (Å²) in [4.78, 5) is 15.2. The number of anilines is 1. The van der Waals surface area contributed by atoms with E-state index in [1.165, 1.54) is 31.4 Å². The van der Waals surface area contributed by atoms with Gasteiger partial charge in [-0.15, -0.1) is 0 Å². The molecule has 0 bridgehead atoms. The maximum Gasteiger partial charge on any atom is 0.261 e. The topological polar surface area (TPSA) is 78.5 Å². The second-order valence-corrected chi connectivity index (χ2v) is 10.6. The molecular formula is C24H33N3O3S. The minimum atomic E-state index is -3.73. The minimum Gasteiger partial charge on any atom is -0.350 e. The fourth-order valence-electron chi connectivity index (χ4n) is 3.86. The minimum absolute atomic E-state index is 0.116. The number of hydrogen-bond donors (Lipinski definition) is 2. The number of rotatable bonds is 7. The lowest BCUT2D eigenvalue weighted by Crippen LogP contribution is -2.53. The molecule has 0 unspecified atom stereocenters. The Morgan fingerprint density at radius 1 is 1.00 bits per heavy atom. The van der Waals surface area contributed by atoms with Gasteiger partial charge in [0.2, 0.25) is 0 Å². The molecule has 0 spiro atoms. The zero-order valence-electron chi connectivity index (χ0n) is 18.9. The van der Waals surface area contributed by atoms with E-state index in [0.717, 1.165) is 24.2 Å². The summed E-state index contributed by atoms with van der Waals surface area (Å²) in [6.07, 6.45) is 3.67. The van der Waals surface area contributed by atoms with E-state index in [1.807, 2.05) is 26.0 Å². The number of aryl methyl sites for hydroxylation is 1. The van der Waals surface area contributed by atoms with Gasteiger partial charge in [0.25, 0.3) is 15.9 Å². The maximum absolute atomic E-state index is 12.8. The summed E-state index contributed by atoms with van der Waals surface area (Å²) < 4.78 is 28.2. The lowest BCUT2D eigenvalue weighted by atomic mass is 9.98. The van der Waals surface area contributed by atoms with Crippen molar-refractivity contribution < 1.29 is 13.2 Å². The second kappa shape index (κ2) is 9.40. The molecule has 31 heavy (non-hydrogen) atoms. The van der Waals surface area contributed by atoms with Crippen molar-refractivity contribution in [2.24, 2.45) is 0 Å². The highest BCUT2D eigenvalue weighted by Gasteiger charge is 2.28. The van der Waals surface area contributed by atoms with Crippen LogP contribution in [-0.2, 0) is 10.0 Å². The van der Waals surface area contributed by atoms with E-state index in [0.29, 0.717) is 17.8 Å². The van der Waals surface area contributed by atoms with Crippen molar-refractivity contribution in [2.45, 2.75) is 57.4 Å². The predicted octanol–water partition coefficient (Wildman–Crippen LogP) is 4.10. The summed E-state index contributed by atoms with van der Waals surface area (Å²) in [5.74, 6) is -0.198. The zero-order chi connectivity index (χ0) is 22.6. The van der Waals surface area contributed by atoms with Crippen LogP contribution < -0.4 is 10.0 Å². The van der Waals surface area contributed by atoms with Gasteiger partial charge in [-0.1, -0.05) is 18.6 Å². The third kappa shape index (κ3) is 5.66. The molecule has 1 aliphatic rings. The number of nitrogens with zero attached hydrogens (tertiary/aromatic N) is 1. The first kappa shape index (κ1) is 23.3. The van der Waals surface area contributed by atoms with Crippen LogP contribution >= 0.6 is 0 Å². The highest BCUT2D eigenvalue weighted by molar-refractivity contribution is 7.92. The van der Waals surface area contributed by atoms with E-state index in [-0.39, 0.29) is 16.3 Å². The van der Waals surface area contributed by atoms with E-state index < -0.39 is 10.0 Å². The third-order valence-electron chi connectivity index (χ3n) is 6.17. The molecular weight excluding hydrogens is 410 g/mol. The Hall–Kier alpha value is -2.38. The first-order chi connectivity index (χ1) is 14.6. The van der Waals surface area contributed by atoms with Crippen LogP contribution in [0.4, 0.5) is 5.69 Å². The van der Waals surface area contributed by atoms with E-state index in [9.17, 15) is 13.2 Å². The molecule has 2 aromatic rings. The Labute approximate surface area is 186 Å². The van der Waals surface area contributed by atoms with Gasteiger partial charge in [0.15, 0.2) is 0 Å². The van der Waals surface area contributed by atoms with Crippen LogP contribution in [-0.4, -0.2) is 44.4 Å². The van der Waals surface area contributed by atoms with Crippen molar-refractivity contribution >= 4 is 21.6 Å². The van der Waals surface area contributed by atoms with Crippen LogP contribution in [0, 0.1) is 13.8 Å². The van der Waals surface area contributed by atoms with Crippen LogP contribution in [0.2, 0.25) is 0 Å². The number of nitrogens with one attached hydrogen (secondary N) is 2. The van der Waals surface area contributed by atoms with Gasteiger partial charge in [-0.25, -0.2) is 8.42 Å². The van der Waals surface area contributed by atoms with Crippen LogP contribution in [0.5, 0.6) is 0 Å². The normalized spacial score (nSPS) is 15.5. The highest BCUT2D eigenvalue weighted by Crippen LogP contribution is 2.23. The fourth-order valence-corrected chi connectivity index (χ4v) is 4.98. The van der Waals surface area contributed by atoms with Gasteiger partial charge in [0.05, 0.1) is 10.6 Å². The van der Waals surface area contributed by atoms with Crippen LogP contribution in [0.3, 0.4) is 0 Å². The van der Waals surface area contributed by atoms with E-state index in [2.05, 4.69) is 28.8 Å². The molecule has 3 rings (SSSR count). The monoisotopic (exact) mass is 443 g/mol. The summed E-state index contributed by atoms with van der Waals surface area (Å²) in [7, 11) is -3.73. The molecule has 1 heterocycles. The Bertz CT molecular complexity index is 1020. The summed E-state index contributed by atoms with van der Waals surface area (Å²) >= 11 is 0. The molecule has 6 nitrogen and oxygen atoms in total. The maximum atomic E-state index is 12.8. The molecule has 0 aromatic heterocycles. The van der Waals surface area contributed by atoms with Gasteiger partial charge in [0, 0.05) is 17.6 Å². The smallest absolute Gasteiger partial charge is 0.261 e. The molecule has 0 atom stereocenters. The number of sulfonamides is 1. The molecule has 0 radical (unpaired) electrons. The molecule has 1 saturated heterocycles. The highest BCUT2D eigenvalue weighted by atomic mass is 32.2. The molecule has 1 amide bonds. The molecule has 1 fully saturated rings. The van der Waals surface area contributed by atoms with Gasteiger partial charge in [-0.3, -0.25) is 14.4 Å². The van der Waals surface area contributed by atoms with Gasteiger partial charge in [-0.05, 0) is 95.1 Å². The molecule has 1 aliphatic heterocycles. The summed E-state index contributed by atoms with van der Waals surface area (Å²) in [5.41, 5.74) is 2.79. The Kier molecular flexibility index (Phi) is 7.06. The van der Waals surface area contributed by atoms with Crippen LogP contribution in [0.1, 0.15) is 54.6 Å². The van der Waals surface area contributed by atoms with E-state index >= 15 is 0 Å². The van der Waals surface area contributed by atoms with Crippen molar-refractivity contribution in [3.05, 3.63) is 59.2 Å². The fraction of sp³-hybridized carbons (Fsp3) is 0.458. The van der Waals surface area contributed by atoms with Crippen molar-refractivity contribution in [3.63, 3.8) is 0 Å². The average molecular weight is 444 g/mol. The number of carbonyl (C=O) groups is 1. The van der Waals surface area contributed by atoms with Gasteiger partial charge >= 0.3 is 0 Å². The largest absolute Gasteiger partial charge is 0.350 e. The average Bonchev–Trinajstić information content (AvgIpc) is 2.76. The lowest BCUT2D eigenvalue weighted by Gasteiger charge is -2.41. The third-order valence-corrected chi connectivity index (χ3v) is 7.55. The number of hydrogen-bond acceptors (Lipinski definition) is 4. The molecule has 168 valence electrons. The standard InChI is InChI=1S/C24H33N3O3S/c1-18-9-8-10-22(19(18)2)26-31(29,30)21-13-11-20(12-14-21)23(28)25-17-24(3,4)27-15-6-5-7-16-27/h8-14,26H,5-7,15-17H2,1-4H3,(H,25,28). The van der Waals surface area contributed by atoms with E-state index in [1.54, 1.807) is 18.2 Å². The summed E-state index contributed by atoms with van der Waals surface area (Å²) in [6.45, 7) is 10.8. The molecule has 7 heteroatoms. The molecule has 0 aliphatic carbocycles. The predicted molar refractivity (Wildman–Crippen MR) is 125 cm³/mol. The van der Waals surface area contributed by atoms with Gasteiger partial charge in [-0.2, -0.15) is 0 Å². The Balaban J connectivity index is 1.64. The number of likely N-dealkylation sites (tertiary alicyclic amines) is 1. The SMILES string of the molecule is Cc1cccc(NS(=O)(=O)c2ccc(C(=O)NCC(C)(C)N3CCCCC3)cc2)c1C. The summed E-state index contributed by atoms with van der Waals surface area (Å²) in [6, 6.07) is 11.6. The molecule has 2 N–H and O–H groups in total. The van der Waals surface area contributed by atoms with Crippen LogP contribution in [0.15, 0.2) is 47.4 Å². The first-order valence-electron chi connectivity index (χ1n) is 10.8. The Morgan fingerprint density at radius 2 is 1.65 bits per heavy atom. The first-order valence-corrected chi connectivity index (χ1v) is 12.3. The van der Waals surface area contributed by atoms with Crippen molar-refractivity contribution in [1.82, 2.24) is 10.2 Å². The second-order valence-electron chi connectivity index (χ2n) is 8.92. The van der Waals surface area contributed by atoms with Crippen molar-refractivity contribution in [2.75, 3.05) is 24.4 Å². The quantitative estimate of drug-likeness (QED) is 0.675. The number of benzene rings is 2. The molecule has 2 aromatic carbocycles. The number of piperidine rings is 1. The van der Waals surface area contributed by atoms with Crippen LogP contribution in [0.25, 0.3) is 0 Å². The summed E-state index contributed by atoms with van der Waals surface area (Å²) in [5, 5.41) is 3.00. The van der Waals surface area contributed by atoms with Crippen molar-refractivity contribution in [1.29, 1.82) is 0 Å². The molecule has 0 saturated carbocycles. The number of amides is 1. The number of carbonyl (C=O) groups excluding carboxylic acids is 1. The Morgan fingerprint density at radius 3 is 2.29 bits per heavy atom. The van der Waals surface area contributed by atoms with Crippen molar-refractivity contribution in [3.8, 4) is 0 Å². The van der Waals surface area contributed by atoms with E-state index in [4.69, 9.17) is 0 Å². The van der Waals surface area contributed by atoms with Gasteiger partial charge < -0.3 is 5.32 Å².